The van der Waals surface area contributed by atoms with Crippen molar-refractivity contribution < 1.29 is 0 Å². The monoisotopic (exact) mass is 839 g/mol. The maximum atomic E-state index is 2.74. The molecule has 8 aromatic rings. The van der Waals surface area contributed by atoms with E-state index in [4.69, 9.17) is 0 Å². The third kappa shape index (κ3) is 4.32. The molecule has 1 nitrogen and oxygen atoms in total. The Balaban J connectivity index is 0.914. The van der Waals surface area contributed by atoms with E-state index in [2.05, 4.69) is 200 Å². The molecule has 1 heterocycles. The molecule has 4 fully saturated rings. The molecule has 7 aromatic carbocycles. The van der Waals surface area contributed by atoms with Crippen molar-refractivity contribution in [3.63, 3.8) is 0 Å². The molecule has 6 atom stereocenters. The number of benzene rings is 7. The maximum absolute atomic E-state index is 2.74. The molecule has 2 heteroatoms. The van der Waals surface area contributed by atoms with Gasteiger partial charge in [-0.25, -0.2) is 0 Å². The number of rotatable bonds is 6. The predicted molar refractivity (Wildman–Crippen MR) is 268 cm³/mol. The van der Waals surface area contributed by atoms with Crippen LogP contribution in [-0.4, -0.2) is 6.04 Å². The number of allylic oxidation sites excluding steroid dienone is 3. The van der Waals surface area contributed by atoms with Crippen LogP contribution in [0.1, 0.15) is 72.4 Å². The zero-order valence-electron chi connectivity index (χ0n) is 36.2. The summed E-state index contributed by atoms with van der Waals surface area (Å²) in [6.45, 7) is 2.47. The van der Waals surface area contributed by atoms with Gasteiger partial charge in [0.25, 0.3) is 0 Å². The fraction of sp³-hybridized carbons (Fsp3) is 0.226. The smallest absolute Gasteiger partial charge is 0.0632 e. The molecule has 0 N–H and O–H groups in total. The van der Waals surface area contributed by atoms with Gasteiger partial charge in [0, 0.05) is 42.4 Å². The quantitative estimate of drug-likeness (QED) is 0.161. The summed E-state index contributed by atoms with van der Waals surface area (Å²) in [5.41, 5.74) is 18.9. The highest BCUT2D eigenvalue weighted by molar-refractivity contribution is 7.25. The molecule has 308 valence electrons. The standard InChI is InChI=1S/C62H49NS/c1-60(40-16-3-2-4-17-40)33-13-15-39-14-11-22-49(59(39)60)48-19-6-9-24-53(48)63(43-29-27-38(28-30-43)45-21-12-26-55-58(45)50-20-7-10-25-54(50)64-55)44-31-32-47-46-18-5-8-23-51(46)62(52(47)37-44)56-35-41-34-42-36-57(62)61(41,42)56/h2-23,25-32,37,41-42,53,56-57H,24,33-36H2,1H3. The van der Waals surface area contributed by atoms with E-state index in [9.17, 15) is 0 Å². The number of hydrogen-bond acceptors (Lipinski definition) is 2. The van der Waals surface area contributed by atoms with Crippen LogP contribution < -0.4 is 4.90 Å². The zero-order valence-corrected chi connectivity index (χ0v) is 37.0. The first-order valence-corrected chi connectivity index (χ1v) is 24.7. The summed E-state index contributed by atoms with van der Waals surface area (Å²) in [7, 11) is 0. The highest BCUT2D eigenvalue weighted by atomic mass is 32.1. The summed E-state index contributed by atoms with van der Waals surface area (Å²) in [4.78, 5) is 2.74. The highest BCUT2D eigenvalue weighted by Gasteiger charge is 2.90. The molecule has 6 unspecified atom stereocenters. The largest absolute Gasteiger partial charge is 0.334 e. The van der Waals surface area contributed by atoms with Crippen molar-refractivity contribution >= 4 is 54.5 Å². The predicted octanol–water partition coefficient (Wildman–Crippen LogP) is 15.9. The van der Waals surface area contributed by atoms with Gasteiger partial charge in [-0.3, -0.25) is 0 Å². The van der Waals surface area contributed by atoms with E-state index in [0.29, 0.717) is 5.41 Å². The van der Waals surface area contributed by atoms with Crippen LogP contribution in [0.3, 0.4) is 0 Å². The molecule has 7 aliphatic carbocycles. The second-order valence-corrected chi connectivity index (χ2v) is 21.5. The average molecular weight is 840 g/mol. The molecule has 0 amide bonds. The molecule has 2 spiro atoms. The Bertz CT molecular complexity index is 3360. The van der Waals surface area contributed by atoms with Gasteiger partial charge in [-0.15, -0.1) is 11.3 Å². The minimum atomic E-state index is -0.150. The Hall–Kier alpha value is -6.22. The normalized spacial score (nSPS) is 29.3. The first-order valence-electron chi connectivity index (χ1n) is 23.9. The molecule has 0 bridgehead atoms. The van der Waals surface area contributed by atoms with Gasteiger partial charge in [-0.2, -0.15) is 0 Å². The van der Waals surface area contributed by atoms with E-state index >= 15 is 0 Å². The molecule has 0 aliphatic heterocycles. The van der Waals surface area contributed by atoms with Gasteiger partial charge in [0.05, 0.1) is 6.04 Å². The van der Waals surface area contributed by atoms with Gasteiger partial charge in [0.1, 0.15) is 0 Å². The summed E-state index contributed by atoms with van der Waals surface area (Å²) in [5.74, 6) is 3.54. The van der Waals surface area contributed by atoms with Gasteiger partial charge in [0.2, 0.25) is 0 Å². The van der Waals surface area contributed by atoms with Crippen molar-refractivity contribution in [1.29, 1.82) is 0 Å². The highest BCUT2D eigenvalue weighted by Crippen LogP contribution is 2.94. The van der Waals surface area contributed by atoms with E-state index in [-0.39, 0.29) is 16.9 Å². The minimum absolute atomic E-state index is 0.0934. The molecule has 0 saturated heterocycles. The Kier molecular flexibility index (Phi) is 7.19. The lowest BCUT2D eigenvalue weighted by Crippen LogP contribution is -2.88. The Morgan fingerprint density at radius 3 is 2.17 bits per heavy atom. The molecular formula is C62H49NS. The lowest BCUT2D eigenvalue weighted by Gasteiger charge is -2.92. The number of nitrogens with zero attached hydrogens (tertiary/aromatic N) is 1. The summed E-state index contributed by atoms with van der Waals surface area (Å²) >= 11 is 1.90. The van der Waals surface area contributed by atoms with Crippen molar-refractivity contribution in [3.8, 4) is 22.3 Å². The Labute approximate surface area is 380 Å². The van der Waals surface area contributed by atoms with E-state index in [0.717, 1.165) is 36.5 Å². The van der Waals surface area contributed by atoms with Crippen LogP contribution in [0, 0.1) is 29.1 Å². The lowest BCUT2D eigenvalue weighted by molar-refractivity contribution is -0.412. The van der Waals surface area contributed by atoms with Gasteiger partial charge < -0.3 is 4.90 Å². The van der Waals surface area contributed by atoms with Gasteiger partial charge in [-0.1, -0.05) is 159 Å². The van der Waals surface area contributed by atoms with Crippen LogP contribution in [0.2, 0.25) is 0 Å². The van der Waals surface area contributed by atoms with Gasteiger partial charge in [0.15, 0.2) is 0 Å². The van der Waals surface area contributed by atoms with Crippen molar-refractivity contribution in [1.82, 2.24) is 0 Å². The number of anilines is 2. The Morgan fingerprint density at radius 1 is 0.594 bits per heavy atom. The number of hydrogen-bond donors (Lipinski definition) is 0. The van der Waals surface area contributed by atoms with E-state index < -0.39 is 0 Å². The summed E-state index contributed by atoms with van der Waals surface area (Å²) in [6.07, 6.45) is 18.1. The van der Waals surface area contributed by atoms with Crippen molar-refractivity contribution in [2.45, 2.75) is 55.9 Å². The van der Waals surface area contributed by atoms with Crippen LogP contribution >= 0.6 is 11.3 Å². The van der Waals surface area contributed by atoms with Crippen molar-refractivity contribution in [2.75, 3.05) is 4.90 Å². The zero-order chi connectivity index (χ0) is 41.9. The van der Waals surface area contributed by atoms with Crippen LogP contribution in [0.4, 0.5) is 11.4 Å². The van der Waals surface area contributed by atoms with E-state index in [1.807, 2.05) is 11.3 Å². The van der Waals surface area contributed by atoms with Crippen LogP contribution in [0.5, 0.6) is 0 Å². The number of fused-ring (bicyclic) bond motifs is 11. The van der Waals surface area contributed by atoms with Crippen LogP contribution in [0.25, 0.3) is 54.1 Å². The maximum Gasteiger partial charge on any atom is 0.0632 e. The molecule has 0 radical (unpaired) electrons. The SMILES string of the molecule is CC1(c2ccccc2)CC=Cc2cccc(C3=CC=CCC3N(c3ccc(-c4cccc5sc6ccccc6c45)cc3)c3ccc4c(c3)C3(c5ccccc5-4)C4CC5CC6CC3C564)c21. The molecular weight excluding hydrogens is 791 g/mol. The first-order chi connectivity index (χ1) is 31.6. The van der Waals surface area contributed by atoms with Crippen molar-refractivity contribution in [3.05, 3.63) is 215 Å². The van der Waals surface area contributed by atoms with E-state index in [1.54, 1.807) is 11.1 Å². The van der Waals surface area contributed by atoms with E-state index in [1.165, 1.54) is 101 Å². The second-order valence-electron chi connectivity index (χ2n) is 20.4. The summed E-state index contributed by atoms with van der Waals surface area (Å²) in [6, 6.07) is 61.0. The fourth-order valence-corrected chi connectivity index (χ4v) is 16.8. The number of thiophene rings is 1. The lowest BCUT2D eigenvalue weighted by atomic mass is 9.11. The second kappa shape index (κ2) is 12.7. The summed E-state index contributed by atoms with van der Waals surface area (Å²) in [5, 5.41) is 2.71. The first kappa shape index (κ1) is 36.2. The fourth-order valence-electron chi connectivity index (χ4n) is 15.7. The average Bonchev–Trinajstić information content (AvgIpc) is 3.85. The molecule has 7 aliphatic rings. The Morgan fingerprint density at radius 2 is 1.31 bits per heavy atom. The van der Waals surface area contributed by atoms with Crippen LogP contribution in [0.15, 0.2) is 182 Å². The van der Waals surface area contributed by atoms with Crippen LogP contribution in [-0.2, 0) is 10.8 Å². The van der Waals surface area contributed by atoms with Crippen molar-refractivity contribution in [2.24, 2.45) is 29.1 Å². The summed E-state index contributed by atoms with van der Waals surface area (Å²) < 4.78 is 2.69. The van der Waals surface area contributed by atoms with Gasteiger partial charge >= 0.3 is 0 Å². The topological polar surface area (TPSA) is 3.24 Å². The minimum Gasteiger partial charge on any atom is -0.334 e. The molecule has 4 saturated carbocycles. The molecule has 64 heavy (non-hydrogen) atoms. The van der Waals surface area contributed by atoms with Gasteiger partial charge in [-0.05, 0) is 159 Å². The molecule has 1 aromatic heterocycles. The third-order valence-corrected chi connectivity index (χ3v) is 19.4. The third-order valence-electron chi connectivity index (χ3n) is 18.2. The molecule has 15 rings (SSSR count).